The lowest BCUT2D eigenvalue weighted by Gasteiger charge is -2.38. The third-order valence-electron chi connectivity index (χ3n) is 6.18. The number of rotatable bonds is 6. The Hall–Kier alpha value is -2.37. The van der Waals surface area contributed by atoms with Crippen LogP contribution in [0.4, 0.5) is 0 Å². The Morgan fingerprint density at radius 1 is 1.07 bits per heavy atom. The van der Waals surface area contributed by atoms with E-state index in [-0.39, 0.29) is 29.8 Å². The second-order valence-corrected chi connectivity index (χ2v) is 8.07. The smallest absolute Gasteiger partial charge is 0.241 e. The molecular formula is C22H31N3O3. The van der Waals surface area contributed by atoms with E-state index in [1.165, 1.54) is 0 Å². The van der Waals surface area contributed by atoms with Gasteiger partial charge in [0.25, 0.3) is 0 Å². The molecule has 0 aliphatic carbocycles. The molecule has 28 heavy (non-hydrogen) atoms. The van der Waals surface area contributed by atoms with Gasteiger partial charge in [-0.3, -0.25) is 14.4 Å². The molecule has 0 bridgehead atoms. The van der Waals surface area contributed by atoms with Crippen LogP contribution in [0.3, 0.4) is 0 Å². The van der Waals surface area contributed by atoms with Gasteiger partial charge in [-0.05, 0) is 31.2 Å². The topological polar surface area (TPSA) is 60.9 Å². The van der Waals surface area contributed by atoms with Gasteiger partial charge in [-0.1, -0.05) is 37.3 Å². The lowest BCUT2D eigenvalue weighted by atomic mass is 9.87. The number of benzene rings is 1. The molecule has 3 amide bonds. The van der Waals surface area contributed by atoms with Crippen molar-refractivity contribution in [1.29, 1.82) is 0 Å². The van der Waals surface area contributed by atoms with Crippen LogP contribution in [0.15, 0.2) is 30.3 Å². The molecule has 2 heterocycles. The Morgan fingerprint density at radius 3 is 2.43 bits per heavy atom. The molecule has 6 heteroatoms. The SMILES string of the molecule is CCCN(C)C(=O)CN1CCC2(CCC1=O)CCC(=O)N2Cc1ccccc1. The number of amides is 3. The molecule has 2 saturated heterocycles. The van der Waals surface area contributed by atoms with Crippen molar-refractivity contribution in [2.45, 2.75) is 57.5 Å². The third-order valence-corrected chi connectivity index (χ3v) is 6.18. The molecule has 0 aromatic heterocycles. The number of hydrogen-bond acceptors (Lipinski definition) is 3. The van der Waals surface area contributed by atoms with Gasteiger partial charge in [-0.15, -0.1) is 0 Å². The average molecular weight is 386 g/mol. The van der Waals surface area contributed by atoms with Crippen LogP contribution in [0.2, 0.25) is 0 Å². The summed E-state index contributed by atoms with van der Waals surface area (Å²) in [6, 6.07) is 10.0. The summed E-state index contributed by atoms with van der Waals surface area (Å²) in [5.74, 6) is 0.174. The monoisotopic (exact) mass is 385 g/mol. The minimum Gasteiger partial charge on any atom is -0.344 e. The van der Waals surface area contributed by atoms with Crippen molar-refractivity contribution in [3.8, 4) is 0 Å². The van der Waals surface area contributed by atoms with Crippen LogP contribution < -0.4 is 0 Å². The molecule has 0 saturated carbocycles. The van der Waals surface area contributed by atoms with Crippen molar-refractivity contribution in [2.24, 2.45) is 0 Å². The summed E-state index contributed by atoms with van der Waals surface area (Å²) in [5.41, 5.74) is 0.844. The largest absolute Gasteiger partial charge is 0.344 e. The van der Waals surface area contributed by atoms with Crippen LogP contribution in [0.5, 0.6) is 0 Å². The van der Waals surface area contributed by atoms with Crippen molar-refractivity contribution in [2.75, 3.05) is 26.7 Å². The van der Waals surface area contributed by atoms with Gasteiger partial charge in [-0.2, -0.15) is 0 Å². The number of nitrogens with zero attached hydrogens (tertiary/aromatic N) is 3. The fraction of sp³-hybridized carbons (Fsp3) is 0.591. The maximum Gasteiger partial charge on any atom is 0.241 e. The van der Waals surface area contributed by atoms with Crippen molar-refractivity contribution >= 4 is 17.7 Å². The van der Waals surface area contributed by atoms with Crippen LogP contribution in [-0.4, -0.2) is 64.6 Å². The zero-order chi connectivity index (χ0) is 20.1. The van der Waals surface area contributed by atoms with Gasteiger partial charge in [0.1, 0.15) is 0 Å². The summed E-state index contributed by atoms with van der Waals surface area (Å²) in [5, 5.41) is 0. The number of carbonyl (C=O) groups excluding carboxylic acids is 3. The first kappa shape index (κ1) is 20.4. The van der Waals surface area contributed by atoms with Crippen molar-refractivity contribution in [3.63, 3.8) is 0 Å². The molecule has 1 atom stereocenters. The molecular weight excluding hydrogens is 354 g/mol. The molecule has 2 aliphatic rings. The summed E-state index contributed by atoms with van der Waals surface area (Å²) < 4.78 is 0. The lowest BCUT2D eigenvalue weighted by molar-refractivity contribution is -0.139. The molecule has 0 radical (unpaired) electrons. The predicted octanol–water partition coefficient (Wildman–Crippen LogP) is 2.43. The number of likely N-dealkylation sites (tertiary alicyclic amines) is 2. The first-order valence-electron chi connectivity index (χ1n) is 10.3. The van der Waals surface area contributed by atoms with Gasteiger partial charge in [0.05, 0.1) is 6.54 Å². The van der Waals surface area contributed by atoms with Crippen LogP contribution in [0, 0.1) is 0 Å². The highest BCUT2D eigenvalue weighted by Crippen LogP contribution is 2.40. The Bertz CT molecular complexity index is 721. The maximum atomic E-state index is 12.7. The maximum absolute atomic E-state index is 12.7. The molecule has 152 valence electrons. The van der Waals surface area contributed by atoms with Gasteiger partial charge < -0.3 is 14.7 Å². The van der Waals surface area contributed by atoms with Gasteiger partial charge in [-0.25, -0.2) is 0 Å². The minimum absolute atomic E-state index is 0.0187. The highest BCUT2D eigenvalue weighted by Gasteiger charge is 2.46. The zero-order valence-electron chi connectivity index (χ0n) is 17.0. The highest BCUT2D eigenvalue weighted by atomic mass is 16.2. The van der Waals surface area contributed by atoms with E-state index >= 15 is 0 Å². The second kappa shape index (κ2) is 8.76. The van der Waals surface area contributed by atoms with E-state index in [1.807, 2.05) is 42.2 Å². The van der Waals surface area contributed by atoms with Gasteiger partial charge in [0, 0.05) is 45.1 Å². The van der Waals surface area contributed by atoms with Gasteiger partial charge in [0.15, 0.2) is 0 Å². The van der Waals surface area contributed by atoms with Crippen molar-refractivity contribution in [1.82, 2.24) is 14.7 Å². The van der Waals surface area contributed by atoms with Gasteiger partial charge >= 0.3 is 0 Å². The molecule has 2 aliphatic heterocycles. The van der Waals surface area contributed by atoms with Crippen LogP contribution in [-0.2, 0) is 20.9 Å². The van der Waals surface area contributed by atoms with Gasteiger partial charge in [0.2, 0.25) is 17.7 Å². The Kier molecular flexibility index (Phi) is 6.37. The van der Waals surface area contributed by atoms with E-state index in [4.69, 9.17) is 0 Å². The molecule has 6 nitrogen and oxygen atoms in total. The Morgan fingerprint density at radius 2 is 1.75 bits per heavy atom. The molecule has 1 aromatic carbocycles. The number of hydrogen-bond donors (Lipinski definition) is 0. The molecule has 1 spiro atoms. The summed E-state index contributed by atoms with van der Waals surface area (Å²) >= 11 is 0. The summed E-state index contributed by atoms with van der Waals surface area (Å²) in [4.78, 5) is 43.1. The summed E-state index contributed by atoms with van der Waals surface area (Å²) in [6.45, 7) is 3.99. The van der Waals surface area contributed by atoms with E-state index in [1.54, 1.807) is 16.8 Å². The fourth-order valence-electron chi connectivity index (χ4n) is 4.42. The zero-order valence-corrected chi connectivity index (χ0v) is 17.0. The fourth-order valence-corrected chi connectivity index (χ4v) is 4.42. The molecule has 1 aromatic rings. The first-order chi connectivity index (χ1) is 13.4. The first-order valence-corrected chi connectivity index (χ1v) is 10.3. The van der Waals surface area contributed by atoms with Crippen molar-refractivity contribution in [3.05, 3.63) is 35.9 Å². The average Bonchev–Trinajstić information content (AvgIpc) is 2.90. The molecule has 0 N–H and O–H groups in total. The highest BCUT2D eigenvalue weighted by molar-refractivity contribution is 5.85. The van der Waals surface area contributed by atoms with E-state index in [0.717, 1.165) is 24.8 Å². The van der Waals surface area contributed by atoms with E-state index in [2.05, 4.69) is 0 Å². The Labute approximate surface area is 167 Å². The van der Waals surface area contributed by atoms with Crippen LogP contribution >= 0.6 is 0 Å². The van der Waals surface area contributed by atoms with E-state index in [0.29, 0.717) is 38.9 Å². The Balaban J connectivity index is 1.70. The van der Waals surface area contributed by atoms with E-state index in [9.17, 15) is 14.4 Å². The lowest BCUT2D eigenvalue weighted by Crippen LogP contribution is -2.46. The van der Waals surface area contributed by atoms with Crippen molar-refractivity contribution < 1.29 is 14.4 Å². The predicted molar refractivity (Wildman–Crippen MR) is 107 cm³/mol. The van der Waals surface area contributed by atoms with Crippen LogP contribution in [0.25, 0.3) is 0 Å². The van der Waals surface area contributed by atoms with Crippen LogP contribution in [0.1, 0.15) is 51.0 Å². The summed E-state index contributed by atoms with van der Waals surface area (Å²) in [7, 11) is 1.78. The molecule has 2 fully saturated rings. The molecule has 3 rings (SSSR count). The number of likely N-dealkylation sites (N-methyl/N-ethyl adjacent to an activating group) is 1. The third kappa shape index (κ3) is 4.37. The minimum atomic E-state index is -0.268. The van der Waals surface area contributed by atoms with E-state index < -0.39 is 0 Å². The molecule has 1 unspecified atom stereocenters. The number of carbonyl (C=O) groups is 3. The normalized spacial score (nSPS) is 22.6. The second-order valence-electron chi connectivity index (χ2n) is 8.07. The standard InChI is InChI=1S/C22H31N3O3/c1-3-14-23(2)21(28)17-24-15-13-22(11-9-19(24)26)12-10-20(27)25(22)16-18-7-5-4-6-8-18/h4-8H,3,9-17H2,1-2H3. The quantitative estimate of drug-likeness (QED) is 0.756. The summed E-state index contributed by atoms with van der Waals surface area (Å²) in [6.07, 6.45) is 4.05.